The van der Waals surface area contributed by atoms with Crippen LogP contribution in [0, 0.1) is 12.8 Å². The third-order valence-corrected chi connectivity index (χ3v) is 6.22. The molecule has 1 fully saturated rings. The molecule has 0 saturated heterocycles. The van der Waals surface area contributed by atoms with E-state index in [4.69, 9.17) is 5.11 Å². The number of nitrogens with one attached hydrogen (secondary N) is 1. The molecule has 21 heavy (non-hydrogen) atoms. The van der Waals surface area contributed by atoms with E-state index in [9.17, 15) is 13.2 Å². The Labute approximate surface area is 132 Å². The van der Waals surface area contributed by atoms with Gasteiger partial charge in [0.05, 0.1) is 10.8 Å². The predicted octanol–water partition coefficient (Wildman–Crippen LogP) is 2.68. The van der Waals surface area contributed by atoms with E-state index in [1.54, 1.807) is 18.2 Å². The third kappa shape index (κ3) is 4.05. The summed E-state index contributed by atoms with van der Waals surface area (Å²) < 4.78 is 28.0. The van der Waals surface area contributed by atoms with Gasteiger partial charge in [0.1, 0.15) is 0 Å². The average molecular weight is 376 g/mol. The molecule has 0 bridgehead atoms. The number of aliphatic carboxylic acids is 1. The molecule has 1 aliphatic carbocycles. The maximum atomic E-state index is 12.4. The summed E-state index contributed by atoms with van der Waals surface area (Å²) in [6, 6.07) is 4.72. The van der Waals surface area contributed by atoms with Crippen molar-refractivity contribution in [2.75, 3.05) is 0 Å². The highest BCUT2D eigenvalue weighted by Crippen LogP contribution is 2.28. The van der Waals surface area contributed by atoms with Gasteiger partial charge in [-0.15, -0.1) is 0 Å². The van der Waals surface area contributed by atoms with Crippen LogP contribution >= 0.6 is 15.9 Å². The maximum Gasteiger partial charge on any atom is 0.306 e. The summed E-state index contributed by atoms with van der Waals surface area (Å²) in [5, 5.41) is 9.06. The van der Waals surface area contributed by atoms with E-state index in [1.165, 1.54) is 0 Å². The smallest absolute Gasteiger partial charge is 0.306 e. The average Bonchev–Trinajstić information content (AvgIpc) is 2.37. The molecule has 2 rings (SSSR count). The van der Waals surface area contributed by atoms with Crippen molar-refractivity contribution < 1.29 is 18.3 Å². The van der Waals surface area contributed by atoms with Gasteiger partial charge in [-0.3, -0.25) is 4.79 Å². The number of carboxylic acid groups (broad SMARTS) is 1. The van der Waals surface area contributed by atoms with Gasteiger partial charge in [0.2, 0.25) is 10.0 Å². The van der Waals surface area contributed by atoms with Gasteiger partial charge in [0, 0.05) is 10.5 Å². The van der Waals surface area contributed by atoms with Crippen LogP contribution < -0.4 is 4.72 Å². The van der Waals surface area contributed by atoms with Gasteiger partial charge in [-0.05, 0) is 59.8 Å². The molecule has 0 amide bonds. The van der Waals surface area contributed by atoms with Crippen molar-refractivity contribution in [3.63, 3.8) is 0 Å². The summed E-state index contributed by atoms with van der Waals surface area (Å²) in [5.74, 6) is -1.32. The standard InChI is InChI=1S/C14H18BrNO4S/c1-9-5-6-13(12(15)7-9)21(19,20)16-11-4-2-3-10(8-11)14(17)18/h5-7,10-11,16H,2-4,8H2,1H3,(H,17,18). The van der Waals surface area contributed by atoms with E-state index in [0.717, 1.165) is 12.0 Å². The normalized spacial score (nSPS) is 23.0. The molecule has 7 heteroatoms. The Hall–Kier alpha value is -0.920. The van der Waals surface area contributed by atoms with E-state index in [-0.39, 0.29) is 10.9 Å². The molecule has 0 heterocycles. The van der Waals surface area contributed by atoms with E-state index in [2.05, 4.69) is 20.7 Å². The summed E-state index contributed by atoms with van der Waals surface area (Å²) in [6.45, 7) is 1.88. The minimum absolute atomic E-state index is 0.186. The van der Waals surface area contributed by atoms with Gasteiger partial charge in [-0.2, -0.15) is 0 Å². The first-order valence-corrected chi connectivity index (χ1v) is 9.08. The summed E-state index contributed by atoms with van der Waals surface area (Å²) >= 11 is 3.27. The maximum absolute atomic E-state index is 12.4. The molecule has 1 saturated carbocycles. The number of halogens is 1. The van der Waals surface area contributed by atoms with Crippen LogP contribution in [-0.4, -0.2) is 25.5 Å². The zero-order valence-electron chi connectivity index (χ0n) is 11.7. The van der Waals surface area contributed by atoms with Crippen molar-refractivity contribution in [2.24, 2.45) is 5.92 Å². The van der Waals surface area contributed by atoms with Gasteiger partial charge in [-0.1, -0.05) is 12.5 Å². The van der Waals surface area contributed by atoms with Crippen LogP contribution in [0.3, 0.4) is 0 Å². The number of hydrogen-bond donors (Lipinski definition) is 2. The highest BCUT2D eigenvalue weighted by Gasteiger charge is 2.30. The van der Waals surface area contributed by atoms with Gasteiger partial charge >= 0.3 is 5.97 Å². The number of benzene rings is 1. The fourth-order valence-corrected chi connectivity index (χ4v) is 5.10. The molecule has 5 nitrogen and oxygen atoms in total. The third-order valence-electron chi connectivity index (χ3n) is 3.72. The monoisotopic (exact) mass is 375 g/mol. The number of hydrogen-bond acceptors (Lipinski definition) is 3. The van der Waals surface area contributed by atoms with Crippen LogP contribution in [0.5, 0.6) is 0 Å². The van der Waals surface area contributed by atoms with E-state index in [0.29, 0.717) is 23.7 Å². The van der Waals surface area contributed by atoms with Gasteiger partial charge in [-0.25, -0.2) is 13.1 Å². The molecule has 1 aliphatic rings. The summed E-state index contributed by atoms with van der Waals surface area (Å²) in [4.78, 5) is 11.2. The van der Waals surface area contributed by atoms with Crippen LogP contribution in [-0.2, 0) is 14.8 Å². The zero-order valence-corrected chi connectivity index (χ0v) is 14.1. The Morgan fingerprint density at radius 1 is 1.38 bits per heavy atom. The van der Waals surface area contributed by atoms with E-state index < -0.39 is 21.9 Å². The second-order valence-corrected chi connectivity index (χ2v) is 7.99. The topological polar surface area (TPSA) is 83.5 Å². The van der Waals surface area contributed by atoms with Crippen molar-refractivity contribution in [1.29, 1.82) is 0 Å². The quantitative estimate of drug-likeness (QED) is 0.847. The summed E-state index contributed by atoms with van der Waals surface area (Å²) in [6.07, 6.45) is 2.35. The van der Waals surface area contributed by atoms with E-state index >= 15 is 0 Å². The highest BCUT2D eigenvalue weighted by molar-refractivity contribution is 9.10. The van der Waals surface area contributed by atoms with Crippen molar-refractivity contribution in [3.8, 4) is 0 Å². The molecule has 1 aromatic rings. The summed E-state index contributed by atoms with van der Waals surface area (Å²) in [5.41, 5.74) is 0.962. The Morgan fingerprint density at radius 2 is 2.10 bits per heavy atom. The fourth-order valence-electron chi connectivity index (χ4n) is 2.63. The Kier molecular flexibility index (Phi) is 5.06. The molecule has 116 valence electrons. The van der Waals surface area contributed by atoms with Crippen molar-refractivity contribution in [2.45, 2.75) is 43.5 Å². The van der Waals surface area contributed by atoms with E-state index in [1.807, 2.05) is 6.92 Å². The SMILES string of the molecule is Cc1ccc(S(=O)(=O)NC2CCCC(C(=O)O)C2)c(Br)c1. The van der Waals surface area contributed by atoms with Crippen molar-refractivity contribution >= 4 is 31.9 Å². The van der Waals surface area contributed by atoms with Crippen LogP contribution in [0.4, 0.5) is 0 Å². The van der Waals surface area contributed by atoms with Crippen LogP contribution in [0.25, 0.3) is 0 Å². The molecular weight excluding hydrogens is 358 g/mol. The number of sulfonamides is 1. The first-order chi connectivity index (χ1) is 9.79. The minimum Gasteiger partial charge on any atom is -0.481 e. The Morgan fingerprint density at radius 3 is 2.71 bits per heavy atom. The van der Waals surface area contributed by atoms with Gasteiger partial charge in [0.15, 0.2) is 0 Å². The van der Waals surface area contributed by atoms with Crippen LogP contribution in [0.1, 0.15) is 31.2 Å². The molecule has 0 spiro atoms. The van der Waals surface area contributed by atoms with Crippen LogP contribution in [0.15, 0.2) is 27.6 Å². The molecule has 0 aromatic heterocycles. The molecule has 2 unspecified atom stereocenters. The number of aryl methyl sites for hydroxylation is 1. The van der Waals surface area contributed by atoms with Crippen molar-refractivity contribution in [1.82, 2.24) is 4.72 Å². The Balaban J connectivity index is 2.15. The van der Waals surface area contributed by atoms with Gasteiger partial charge in [0.25, 0.3) is 0 Å². The Bertz CT molecular complexity index is 644. The molecular formula is C14H18BrNO4S. The zero-order chi connectivity index (χ0) is 15.6. The second kappa shape index (κ2) is 6.46. The lowest BCUT2D eigenvalue weighted by Gasteiger charge is -2.27. The van der Waals surface area contributed by atoms with Crippen molar-refractivity contribution in [3.05, 3.63) is 28.2 Å². The minimum atomic E-state index is -3.65. The van der Waals surface area contributed by atoms with Gasteiger partial charge < -0.3 is 5.11 Å². The number of rotatable bonds is 4. The lowest BCUT2D eigenvalue weighted by Crippen LogP contribution is -2.40. The lowest BCUT2D eigenvalue weighted by molar-refractivity contribution is -0.143. The molecule has 2 N–H and O–H groups in total. The summed E-state index contributed by atoms with van der Waals surface area (Å²) in [7, 11) is -3.65. The largest absolute Gasteiger partial charge is 0.481 e. The predicted molar refractivity (Wildman–Crippen MR) is 82.6 cm³/mol. The first kappa shape index (κ1) is 16.5. The van der Waals surface area contributed by atoms with Crippen LogP contribution in [0.2, 0.25) is 0 Å². The number of carbonyl (C=O) groups is 1. The second-order valence-electron chi connectivity index (χ2n) is 5.45. The fraction of sp³-hybridized carbons (Fsp3) is 0.500. The highest BCUT2D eigenvalue weighted by atomic mass is 79.9. The molecule has 1 aromatic carbocycles. The lowest BCUT2D eigenvalue weighted by atomic mass is 9.86. The number of carboxylic acids is 1. The molecule has 0 radical (unpaired) electrons. The molecule has 0 aliphatic heterocycles. The molecule has 2 atom stereocenters. The first-order valence-electron chi connectivity index (χ1n) is 6.81.